The fourth-order valence-corrected chi connectivity index (χ4v) is 6.17. The number of alkyl carbamates (subject to hydrolysis) is 1. The van der Waals surface area contributed by atoms with Gasteiger partial charge in [0, 0.05) is 81.7 Å². The Kier molecular flexibility index (Phi) is 11.7. The second kappa shape index (κ2) is 15.9. The predicted octanol–water partition coefficient (Wildman–Crippen LogP) is 5.63. The van der Waals surface area contributed by atoms with Crippen molar-refractivity contribution in [3.63, 3.8) is 0 Å². The number of piperazine rings is 1. The molecule has 2 aromatic heterocycles. The van der Waals surface area contributed by atoms with Crippen molar-refractivity contribution in [2.45, 2.75) is 84.6 Å². The lowest BCUT2D eigenvalue weighted by atomic mass is 10.1. The summed E-state index contributed by atoms with van der Waals surface area (Å²) in [5.74, 6) is 1.28. The largest absolute Gasteiger partial charge is 0.459 e. The number of hydrogen-bond acceptors (Lipinski definition) is 11. The maximum absolute atomic E-state index is 12.2. The van der Waals surface area contributed by atoms with Crippen molar-refractivity contribution < 1.29 is 19.1 Å². The number of carbonyl (C=O) groups excluding carboxylic acids is 2. The molecule has 4 heterocycles. The minimum atomic E-state index is -0.513. The first-order valence-electron chi connectivity index (χ1n) is 17.3. The summed E-state index contributed by atoms with van der Waals surface area (Å²) in [4.78, 5) is 45.1. The van der Waals surface area contributed by atoms with Crippen molar-refractivity contribution in [2.24, 2.45) is 0 Å². The summed E-state index contributed by atoms with van der Waals surface area (Å²) in [5, 5.41) is 6.33. The zero-order chi connectivity index (χ0) is 35.0. The van der Waals surface area contributed by atoms with Crippen LogP contribution in [0.4, 0.5) is 22.2 Å². The molecule has 0 spiro atoms. The first-order chi connectivity index (χ1) is 23.3. The molecule has 1 atom stereocenters. The van der Waals surface area contributed by atoms with E-state index in [2.05, 4.69) is 48.5 Å². The molecule has 49 heavy (non-hydrogen) atoms. The molecule has 1 aromatic carbocycles. The van der Waals surface area contributed by atoms with Crippen LogP contribution in [0.2, 0.25) is 0 Å². The molecule has 5 rings (SSSR count). The summed E-state index contributed by atoms with van der Waals surface area (Å²) >= 11 is 0. The van der Waals surface area contributed by atoms with Crippen molar-refractivity contribution in [2.75, 3.05) is 56.0 Å². The Morgan fingerprint density at radius 1 is 0.857 bits per heavy atom. The van der Waals surface area contributed by atoms with Crippen molar-refractivity contribution in [3.05, 3.63) is 60.6 Å². The number of rotatable bonds is 11. The third kappa shape index (κ3) is 11.4. The Hall–Kier alpha value is -4.29. The number of esters is 1. The summed E-state index contributed by atoms with van der Waals surface area (Å²) < 4.78 is 10.8. The van der Waals surface area contributed by atoms with Gasteiger partial charge < -0.3 is 25.0 Å². The molecule has 0 saturated carbocycles. The number of carbonyl (C=O) groups is 2. The second-order valence-electron chi connectivity index (χ2n) is 14.9. The van der Waals surface area contributed by atoms with Gasteiger partial charge in [-0.05, 0) is 96.2 Å². The highest BCUT2D eigenvalue weighted by Gasteiger charge is 2.27. The Morgan fingerprint density at radius 2 is 1.57 bits per heavy atom. The van der Waals surface area contributed by atoms with E-state index in [1.807, 2.05) is 72.1 Å². The smallest absolute Gasteiger partial charge is 0.407 e. The van der Waals surface area contributed by atoms with E-state index in [9.17, 15) is 9.59 Å². The number of benzene rings is 1. The lowest BCUT2D eigenvalue weighted by molar-refractivity contribution is -0.156. The third-order valence-corrected chi connectivity index (χ3v) is 8.35. The molecule has 264 valence electrons. The van der Waals surface area contributed by atoms with E-state index in [1.54, 1.807) is 6.20 Å². The quantitative estimate of drug-likeness (QED) is 0.247. The van der Waals surface area contributed by atoms with E-state index in [0.717, 1.165) is 81.2 Å². The van der Waals surface area contributed by atoms with Gasteiger partial charge in [-0.25, -0.2) is 19.7 Å². The standard InChI is InChI=1S/C37H52N8O4/c1-36(2,3)48-33(46)26-44-19-17-43(18-20-44)25-27-9-7-10-30(21-27)42-32-22-28(12-14-38-32)29-23-40-34(41-24-29)45-16-8-11-31(45)13-15-39-35(47)49-37(4,5)6/h7,9-10,12,14,21-24,31H,8,11,13,15-20,25-26H2,1-6H3,(H,38,42)(H,39,47). The Bertz CT molecular complexity index is 1540. The number of pyridine rings is 1. The molecule has 2 fully saturated rings. The molecule has 0 aliphatic carbocycles. The molecule has 2 saturated heterocycles. The Morgan fingerprint density at radius 3 is 2.29 bits per heavy atom. The van der Waals surface area contributed by atoms with Crippen molar-refractivity contribution in [1.82, 2.24) is 30.1 Å². The van der Waals surface area contributed by atoms with Gasteiger partial charge in [0.15, 0.2) is 0 Å². The van der Waals surface area contributed by atoms with Gasteiger partial charge in [0.05, 0.1) is 6.54 Å². The summed E-state index contributed by atoms with van der Waals surface area (Å²) in [6.45, 7) is 17.3. The van der Waals surface area contributed by atoms with Gasteiger partial charge in [-0.3, -0.25) is 14.6 Å². The highest BCUT2D eigenvalue weighted by atomic mass is 16.6. The molecule has 3 aromatic rings. The van der Waals surface area contributed by atoms with Crippen molar-refractivity contribution in [3.8, 4) is 11.1 Å². The highest BCUT2D eigenvalue weighted by molar-refractivity contribution is 5.72. The van der Waals surface area contributed by atoms with Crippen LogP contribution in [0.1, 0.15) is 66.4 Å². The van der Waals surface area contributed by atoms with Crippen LogP contribution in [-0.2, 0) is 20.8 Å². The van der Waals surface area contributed by atoms with Crippen LogP contribution in [0.25, 0.3) is 11.1 Å². The SMILES string of the molecule is CC(C)(C)OC(=O)CN1CCN(Cc2cccc(Nc3cc(-c4cnc(N5CCCC5CCNC(=O)OC(C)(C)C)nc4)ccn3)c2)CC1. The number of anilines is 3. The summed E-state index contributed by atoms with van der Waals surface area (Å²) in [6, 6.07) is 12.6. The van der Waals surface area contributed by atoms with Gasteiger partial charge in [-0.1, -0.05) is 12.1 Å². The highest BCUT2D eigenvalue weighted by Crippen LogP contribution is 2.27. The van der Waals surface area contributed by atoms with Gasteiger partial charge in [0.2, 0.25) is 5.95 Å². The van der Waals surface area contributed by atoms with Gasteiger partial charge >= 0.3 is 12.1 Å². The Balaban J connectivity index is 1.12. The molecule has 1 amide bonds. The zero-order valence-corrected chi connectivity index (χ0v) is 29.9. The molecule has 1 unspecified atom stereocenters. The van der Waals surface area contributed by atoms with E-state index in [4.69, 9.17) is 19.4 Å². The van der Waals surface area contributed by atoms with Gasteiger partial charge in [0.25, 0.3) is 0 Å². The van der Waals surface area contributed by atoms with Crippen LogP contribution in [0.3, 0.4) is 0 Å². The number of nitrogens with zero attached hydrogens (tertiary/aromatic N) is 6. The van der Waals surface area contributed by atoms with E-state index in [-0.39, 0.29) is 18.1 Å². The summed E-state index contributed by atoms with van der Waals surface area (Å²) in [7, 11) is 0. The molecule has 12 heteroatoms. The lowest BCUT2D eigenvalue weighted by Gasteiger charge is -2.34. The van der Waals surface area contributed by atoms with Crippen LogP contribution in [-0.4, -0.2) is 99.9 Å². The average Bonchev–Trinajstić information content (AvgIpc) is 3.49. The first kappa shape index (κ1) is 36.0. The fraction of sp³-hybridized carbons (Fsp3) is 0.541. The van der Waals surface area contributed by atoms with Crippen molar-refractivity contribution >= 4 is 29.5 Å². The monoisotopic (exact) mass is 672 g/mol. The van der Waals surface area contributed by atoms with Gasteiger partial charge in [-0.15, -0.1) is 0 Å². The maximum Gasteiger partial charge on any atom is 0.407 e. The Labute approximate surface area is 290 Å². The van der Waals surface area contributed by atoms with Gasteiger partial charge in [-0.2, -0.15) is 0 Å². The van der Waals surface area contributed by atoms with E-state index in [1.165, 1.54) is 5.56 Å². The van der Waals surface area contributed by atoms with Crippen LogP contribution in [0, 0.1) is 0 Å². The van der Waals surface area contributed by atoms with Crippen molar-refractivity contribution in [1.29, 1.82) is 0 Å². The predicted molar refractivity (Wildman–Crippen MR) is 192 cm³/mol. The molecule has 0 radical (unpaired) electrons. The van der Waals surface area contributed by atoms with E-state index in [0.29, 0.717) is 19.0 Å². The number of amides is 1. The molecule has 2 aliphatic heterocycles. The summed E-state index contributed by atoms with van der Waals surface area (Å²) in [5.41, 5.74) is 3.10. The number of aromatic nitrogens is 3. The normalized spacial score (nSPS) is 17.5. The molecule has 12 nitrogen and oxygen atoms in total. The average molecular weight is 673 g/mol. The van der Waals surface area contributed by atoms with Gasteiger partial charge in [0.1, 0.15) is 17.0 Å². The topological polar surface area (TPSA) is 125 Å². The number of hydrogen-bond donors (Lipinski definition) is 2. The number of ether oxygens (including phenoxy) is 2. The molecular formula is C37H52N8O4. The first-order valence-corrected chi connectivity index (χ1v) is 17.3. The fourth-order valence-electron chi connectivity index (χ4n) is 6.17. The minimum absolute atomic E-state index is 0.166. The van der Waals surface area contributed by atoms with E-state index >= 15 is 0 Å². The summed E-state index contributed by atoms with van der Waals surface area (Å²) in [6.07, 6.45) is 8.04. The molecule has 2 aliphatic rings. The zero-order valence-electron chi connectivity index (χ0n) is 29.9. The second-order valence-corrected chi connectivity index (χ2v) is 14.9. The van der Waals surface area contributed by atoms with Crippen LogP contribution >= 0.6 is 0 Å². The maximum atomic E-state index is 12.2. The molecule has 2 N–H and O–H groups in total. The van der Waals surface area contributed by atoms with E-state index < -0.39 is 11.2 Å². The van der Waals surface area contributed by atoms with Crippen LogP contribution in [0.5, 0.6) is 0 Å². The molecule has 0 bridgehead atoms. The third-order valence-electron chi connectivity index (χ3n) is 8.35. The lowest BCUT2D eigenvalue weighted by Crippen LogP contribution is -2.48. The minimum Gasteiger partial charge on any atom is -0.459 e. The molecular weight excluding hydrogens is 620 g/mol. The van der Waals surface area contributed by atoms with Crippen LogP contribution < -0.4 is 15.5 Å². The van der Waals surface area contributed by atoms with Crippen LogP contribution in [0.15, 0.2) is 55.0 Å². The number of nitrogens with one attached hydrogen (secondary N) is 2.